The third-order valence-corrected chi connectivity index (χ3v) is 5.51. The smallest absolute Gasteiger partial charge is 0.225 e. The van der Waals surface area contributed by atoms with Crippen LogP contribution in [0.2, 0.25) is 0 Å². The van der Waals surface area contributed by atoms with Gasteiger partial charge >= 0.3 is 0 Å². The van der Waals surface area contributed by atoms with E-state index in [0.717, 1.165) is 58.8 Å². The number of nitrogens with zero attached hydrogens (tertiary/aromatic N) is 4. The van der Waals surface area contributed by atoms with Gasteiger partial charge in [0.05, 0.1) is 25.6 Å². The van der Waals surface area contributed by atoms with Crippen molar-refractivity contribution in [2.45, 2.75) is 12.8 Å². The minimum absolute atomic E-state index is 0.292. The molecule has 1 atom stereocenters. The number of methoxy groups -OCH3 is 2. The van der Waals surface area contributed by atoms with Crippen molar-refractivity contribution in [2.24, 2.45) is 11.3 Å². The lowest BCUT2D eigenvalue weighted by atomic mass is 9.71. The van der Waals surface area contributed by atoms with E-state index in [4.69, 9.17) is 9.47 Å². The van der Waals surface area contributed by atoms with Gasteiger partial charge in [0, 0.05) is 52.9 Å². The molecule has 2 fully saturated rings. The molecule has 1 unspecified atom stereocenters. The van der Waals surface area contributed by atoms with Crippen LogP contribution in [0.4, 0.5) is 10.3 Å². The molecule has 0 radical (unpaired) electrons. The van der Waals surface area contributed by atoms with Crippen molar-refractivity contribution in [2.75, 3.05) is 65.1 Å². The van der Waals surface area contributed by atoms with Crippen LogP contribution < -0.4 is 4.90 Å². The molecule has 2 aliphatic heterocycles. The van der Waals surface area contributed by atoms with Gasteiger partial charge in [-0.25, -0.2) is 14.4 Å². The van der Waals surface area contributed by atoms with E-state index in [2.05, 4.69) is 19.8 Å². The Morgan fingerprint density at radius 2 is 1.92 bits per heavy atom. The average Bonchev–Trinajstić information content (AvgIpc) is 2.92. The Morgan fingerprint density at radius 1 is 1.21 bits per heavy atom. The highest BCUT2D eigenvalue weighted by Crippen LogP contribution is 2.45. The quantitative estimate of drug-likeness (QED) is 0.782. The average molecular weight is 338 g/mol. The highest BCUT2D eigenvalue weighted by Gasteiger charge is 2.47. The van der Waals surface area contributed by atoms with Gasteiger partial charge in [0.15, 0.2) is 5.82 Å². The number of piperidine rings is 1. The standard InChI is InChI=1S/C17H27FN4O2/c1-23-8-7-21-11-14(12-24-2)17(13-21)3-5-22(6-4-17)16-19-9-15(18)10-20-16/h9-10,14H,3-8,11-13H2,1-2H3. The van der Waals surface area contributed by atoms with E-state index < -0.39 is 5.82 Å². The van der Waals surface area contributed by atoms with E-state index in [-0.39, 0.29) is 0 Å². The zero-order chi connectivity index (χ0) is 17.0. The molecular weight excluding hydrogens is 311 g/mol. The van der Waals surface area contributed by atoms with E-state index in [0.29, 0.717) is 17.3 Å². The normalized spacial score (nSPS) is 24.0. The molecular formula is C17H27FN4O2. The monoisotopic (exact) mass is 338 g/mol. The number of aromatic nitrogens is 2. The molecule has 2 saturated heterocycles. The van der Waals surface area contributed by atoms with Crippen LogP contribution in [0.15, 0.2) is 12.4 Å². The van der Waals surface area contributed by atoms with Gasteiger partial charge < -0.3 is 19.3 Å². The van der Waals surface area contributed by atoms with Crippen LogP contribution in [-0.4, -0.2) is 75.0 Å². The molecule has 3 rings (SSSR count). The predicted molar refractivity (Wildman–Crippen MR) is 89.6 cm³/mol. The van der Waals surface area contributed by atoms with E-state index in [9.17, 15) is 4.39 Å². The lowest BCUT2D eigenvalue weighted by molar-refractivity contribution is 0.0759. The van der Waals surface area contributed by atoms with Crippen LogP contribution in [0.1, 0.15) is 12.8 Å². The van der Waals surface area contributed by atoms with Crippen LogP contribution in [0, 0.1) is 17.2 Å². The fourth-order valence-electron chi connectivity index (χ4n) is 4.15. The number of halogens is 1. The predicted octanol–water partition coefficient (Wildman–Crippen LogP) is 1.43. The van der Waals surface area contributed by atoms with Crippen molar-refractivity contribution < 1.29 is 13.9 Å². The minimum atomic E-state index is -0.392. The maximum Gasteiger partial charge on any atom is 0.225 e. The van der Waals surface area contributed by atoms with Crippen molar-refractivity contribution in [1.82, 2.24) is 14.9 Å². The molecule has 0 amide bonds. The van der Waals surface area contributed by atoms with Crippen LogP contribution in [0.25, 0.3) is 0 Å². The first-order valence-corrected chi connectivity index (χ1v) is 8.59. The number of hydrogen-bond donors (Lipinski definition) is 0. The Morgan fingerprint density at radius 3 is 2.54 bits per heavy atom. The van der Waals surface area contributed by atoms with E-state index in [1.165, 1.54) is 12.4 Å². The van der Waals surface area contributed by atoms with Gasteiger partial charge in [-0.15, -0.1) is 0 Å². The maximum absolute atomic E-state index is 13.0. The molecule has 0 bridgehead atoms. The van der Waals surface area contributed by atoms with Gasteiger partial charge in [0.2, 0.25) is 5.95 Å². The van der Waals surface area contributed by atoms with Gasteiger partial charge in [-0.1, -0.05) is 0 Å². The molecule has 6 nitrogen and oxygen atoms in total. The van der Waals surface area contributed by atoms with Crippen LogP contribution >= 0.6 is 0 Å². The minimum Gasteiger partial charge on any atom is -0.384 e. The zero-order valence-corrected chi connectivity index (χ0v) is 14.6. The summed E-state index contributed by atoms with van der Waals surface area (Å²) in [6.07, 6.45) is 4.65. The third-order valence-electron chi connectivity index (χ3n) is 5.51. The first kappa shape index (κ1) is 17.5. The lowest BCUT2D eigenvalue weighted by Crippen LogP contribution is -2.45. The summed E-state index contributed by atoms with van der Waals surface area (Å²) in [5.74, 6) is 0.788. The largest absolute Gasteiger partial charge is 0.384 e. The molecule has 1 aromatic heterocycles. The van der Waals surface area contributed by atoms with Crippen molar-refractivity contribution in [3.63, 3.8) is 0 Å². The second-order valence-corrected chi connectivity index (χ2v) is 6.93. The van der Waals surface area contributed by atoms with Gasteiger partial charge in [-0.05, 0) is 18.3 Å². The summed E-state index contributed by atoms with van der Waals surface area (Å²) in [7, 11) is 3.53. The molecule has 0 saturated carbocycles. The number of ether oxygens (including phenoxy) is 2. The summed E-state index contributed by atoms with van der Waals surface area (Å²) >= 11 is 0. The fraction of sp³-hybridized carbons (Fsp3) is 0.765. The Labute approximate surface area is 143 Å². The van der Waals surface area contributed by atoms with Gasteiger partial charge in [0.1, 0.15) is 0 Å². The molecule has 0 N–H and O–H groups in total. The van der Waals surface area contributed by atoms with Crippen LogP contribution in [0.5, 0.6) is 0 Å². The molecule has 134 valence electrons. The zero-order valence-electron chi connectivity index (χ0n) is 14.6. The second kappa shape index (κ2) is 7.72. The number of rotatable bonds is 6. The summed E-state index contributed by atoms with van der Waals surface area (Å²) in [5.41, 5.74) is 0.292. The van der Waals surface area contributed by atoms with Crippen molar-refractivity contribution in [3.8, 4) is 0 Å². The van der Waals surface area contributed by atoms with Gasteiger partial charge in [0.25, 0.3) is 0 Å². The van der Waals surface area contributed by atoms with E-state index in [1.54, 1.807) is 14.2 Å². The number of hydrogen-bond acceptors (Lipinski definition) is 6. The highest BCUT2D eigenvalue weighted by atomic mass is 19.1. The van der Waals surface area contributed by atoms with Crippen molar-refractivity contribution in [1.29, 1.82) is 0 Å². The summed E-state index contributed by atoms with van der Waals surface area (Å²) in [6, 6.07) is 0. The Kier molecular flexibility index (Phi) is 5.63. The second-order valence-electron chi connectivity index (χ2n) is 6.93. The summed E-state index contributed by atoms with van der Waals surface area (Å²) in [6.45, 7) is 6.53. The molecule has 1 aromatic rings. The summed E-state index contributed by atoms with van der Waals surface area (Å²) in [5, 5.41) is 0. The first-order chi connectivity index (χ1) is 11.7. The molecule has 0 aromatic carbocycles. The summed E-state index contributed by atoms with van der Waals surface area (Å²) < 4.78 is 23.7. The van der Waals surface area contributed by atoms with Crippen LogP contribution in [-0.2, 0) is 9.47 Å². The van der Waals surface area contributed by atoms with Gasteiger partial charge in [-0.3, -0.25) is 0 Å². The molecule has 7 heteroatoms. The summed E-state index contributed by atoms with van der Waals surface area (Å²) in [4.78, 5) is 12.9. The molecule has 1 spiro atoms. The Hall–Kier alpha value is -1.31. The van der Waals surface area contributed by atoms with Crippen LogP contribution in [0.3, 0.4) is 0 Å². The highest BCUT2D eigenvalue weighted by molar-refractivity contribution is 5.30. The Balaban J connectivity index is 1.64. The molecule has 24 heavy (non-hydrogen) atoms. The third kappa shape index (κ3) is 3.68. The number of likely N-dealkylation sites (tertiary alicyclic amines) is 1. The van der Waals surface area contributed by atoms with Crippen molar-refractivity contribution >= 4 is 5.95 Å². The molecule has 2 aliphatic rings. The van der Waals surface area contributed by atoms with Gasteiger partial charge in [-0.2, -0.15) is 0 Å². The number of anilines is 1. The van der Waals surface area contributed by atoms with E-state index in [1.807, 2.05) is 0 Å². The topological polar surface area (TPSA) is 50.7 Å². The molecule has 3 heterocycles. The Bertz CT molecular complexity index is 520. The first-order valence-electron chi connectivity index (χ1n) is 8.59. The maximum atomic E-state index is 13.0. The fourth-order valence-corrected chi connectivity index (χ4v) is 4.15. The SMILES string of the molecule is COCCN1CC(COC)C2(CCN(c3ncc(F)cn3)CC2)C1. The van der Waals surface area contributed by atoms with E-state index >= 15 is 0 Å². The van der Waals surface area contributed by atoms with Crippen molar-refractivity contribution in [3.05, 3.63) is 18.2 Å². The molecule has 0 aliphatic carbocycles. The lowest BCUT2D eigenvalue weighted by Gasteiger charge is -2.42.